The molecule has 0 aliphatic carbocycles. The van der Waals surface area contributed by atoms with E-state index in [2.05, 4.69) is 62.4 Å². The van der Waals surface area contributed by atoms with Crippen LogP contribution in [0.15, 0.2) is 28.7 Å². The molecule has 1 saturated heterocycles. The van der Waals surface area contributed by atoms with Gasteiger partial charge in [-0.1, -0.05) is 28.1 Å². The van der Waals surface area contributed by atoms with Crippen molar-refractivity contribution in [1.82, 2.24) is 15.1 Å². The van der Waals surface area contributed by atoms with Crippen LogP contribution in [0.4, 0.5) is 0 Å². The van der Waals surface area contributed by atoms with Crippen LogP contribution in [0.25, 0.3) is 0 Å². The van der Waals surface area contributed by atoms with Crippen molar-refractivity contribution in [1.29, 1.82) is 0 Å². The van der Waals surface area contributed by atoms with Gasteiger partial charge in [-0.15, -0.1) is 0 Å². The topological polar surface area (TPSA) is 18.5 Å². The fourth-order valence-electron chi connectivity index (χ4n) is 2.38. The number of nitrogens with zero attached hydrogens (tertiary/aromatic N) is 2. The van der Waals surface area contributed by atoms with Gasteiger partial charge in [-0.05, 0) is 44.3 Å². The van der Waals surface area contributed by atoms with E-state index in [4.69, 9.17) is 0 Å². The van der Waals surface area contributed by atoms with Crippen LogP contribution >= 0.6 is 15.9 Å². The first-order valence-electron chi connectivity index (χ1n) is 7.10. The molecule has 0 spiro atoms. The van der Waals surface area contributed by atoms with Crippen molar-refractivity contribution in [2.45, 2.75) is 13.0 Å². The van der Waals surface area contributed by atoms with Gasteiger partial charge in [0.1, 0.15) is 0 Å². The monoisotopic (exact) mass is 325 g/mol. The molecule has 1 aromatic carbocycles. The van der Waals surface area contributed by atoms with Crippen LogP contribution < -0.4 is 5.32 Å². The summed E-state index contributed by atoms with van der Waals surface area (Å²) in [6.07, 6.45) is 1.23. The first kappa shape index (κ1) is 15.0. The number of halogens is 1. The summed E-state index contributed by atoms with van der Waals surface area (Å²) in [6, 6.07) is 8.49. The molecule has 4 heteroatoms. The zero-order valence-electron chi connectivity index (χ0n) is 11.7. The lowest BCUT2D eigenvalue weighted by Crippen LogP contribution is -2.45. The van der Waals surface area contributed by atoms with Crippen molar-refractivity contribution in [2.24, 2.45) is 0 Å². The Labute approximate surface area is 125 Å². The van der Waals surface area contributed by atoms with Gasteiger partial charge in [0.25, 0.3) is 0 Å². The van der Waals surface area contributed by atoms with E-state index in [1.807, 2.05) is 0 Å². The fraction of sp³-hybridized carbons (Fsp3) is 0.600. The summed E-state index contributed by atoms with van der Waals surface area (Å²) in [4.78, 5) is 4.97. The summed E-state index contributed by atoms with van der Waals surface area (Å²) in [5, 5.41) is 3.52. The van der Waals surface area contributed by atoms with Crippen molar-refractivity contribution in [3.05, 3.63) is 34.3 Å². The Morgan fingerprint density at radius 3 is 2.74 bits per heavy atom. The number of likely N-dealkylation sites (N-methyl/N-ethyl adjacent to an activating group) is 1. The second-order valence-corrected chi connectivity index (χ2v) is 6.22. The average Bonchev–Trinajstić information content (AvgIpc) is 2.41. The zero-order chi connectivity index (χ0) is 13.5. The summed E-state index contributed by atoms with van der Waals surface area (Å²) in [5.41, 5.74) is 1.34. The Kier molecular flexibility index (Phi) is 6.31. The van der Waals surface area contributed by atoms with Crippen LogP contribution in [0.5, 0.6) is 0 Å². The maximum Gasteiger partial charge on any atom is 0.0205 e. The molecule has 0 aromatic heterocycles. The number of piperazine rings is 1. The second-order valence-electron chi connectivity index (χ2n) is 5.31. The lowest BCUT2D eigenvalue weighted by Gasteiger charge is -2.32. The minimum Gasteiger partial charge on any atom is -0.313 e. The maximum atomic E-state index is 3.52. The minimum atomic E-state index is 0.960. The fourth-order valence-corrected chi connectivity index (χ4v) is 2.83. The van der Waals surface area contributed by atoms with Crippen LogP contribution in [-0.2, 0) is 6.54 Å². The summed E-state index contributed by atoms with van der Waals surface area (Å²) in [7, 11) is 2.21. The quantitative estimate of drug-likeness (QED) is 0.809. The summed E-state index contributed by atoms with van der Waals surface area (Å²) >= 11 is 3.50. The van der Waals surface area contributed by atoms with Crippen LogP contribution in [0.1, 0.15) is 12.0 Å². The van der Waals surface area contributed by atoms with Gasteiger partial charge in [0.15, 0.2) is 0 Å². The average molecular weight is 326 g/mol. The predicted molar refractivity (Wildman–Crippen MR) is 84.4 cm³/mol. The molecule has 0 atom stereocenters. The summed E-state index contributed by atoms with van der Waals surface area (Å²) in [6.45, 7) is 8.15. The molecule has 1 aliphatic rings. The Hall–Kier alpha value is -0.420. The van der Waals surface area contributed by atoms with Gasteiger partial charge in [0.05, 0.1) is 0 Å². The van der Waals surface area contributed by atoms with E-state index in [0.29, 0.717) is 0 Å². The van der Waals surface area contributed by atoms with Gasteiger partial charge in [-0.2, -0.15) is 0 Å². The van der Waals surface area contributed by atoms with E-state index in [1.165, 1.54) is 44.7 Å². The Morgan fingerprint density at radius 2 is 2.00 bits per heavy atom. The molecule has 0 radical (unpaired) electrons. The van der Waals surface area contributed by atoms with Gasteiger partial charge in [0.2, 0.25) is 0 Å². The molecule has 1 aliphatic heterocycles. The van der Waals surface area contributed by atoms with Crippen LogP contribution in [0, 0.1) is 0 Å². The summed E-state index contributed by atoms with van der Waals surface area (Å²) in [5.74, 6) is 0. The maximum absolute atomic E-state index is 3.52. The summed E-state index contributed by atoms with van der Waals surface area (Å²) < 4.78 is 1.16. The molecule has 1 aromatic rings. The normalized spacial score (nSPS) is 17.8. The molecule has 19 heavy (non-hydrogen) atoms. The number of nitrogens with one attached hydrogen (secondary N) is 1. The third-order valence-electron chi connectivity index (χ3n) is 3.64. The third-order valence-corrected chi connectivity index (χ3v) is 4.14. The molecule has 0 amide bonds. The van der Waals surface area contributed by atoms with Crippen LogP contribution in [0.2, 0.25) is 0 Å². The van der Waals surface area contributed by atoms with Gasteiger partial charge in [-0.3, -0.25) is 0 Å². The second kappa shape index (κ2) is 8.00. The molecule has 0 saturated carbocycles. The molecule has 3 nitrogen and oxygen atoms in total. The molecular weight excluding hydrogens is 302 g/mol. The van der Waals surface area contributed by atoms with E-state index in [9.17, 15) is 0 Å². The Bertz CT molecular complexity index is 375. The third kappa shape index (κ3) is 5.61. The van der Waals surface area contributed by atoms with Crippen molar-refractivity contribution < 1.29 is 0 Å². The zero-order valence-corrected chi connectivity index (χ0v) is 13.3. The van der Waals surface area contributed by atoms with E-state index in [0.717, 1.165) is 17.6 Å². The van der Waals surface area contributed by atoms with Crippen LogP contribution in [0.3, 0.4) is 0 Å². The number of hydrogen-bond acceptors (Lipinski definition) is 3. The molecule has 1 N–H and O–H groups in total. The minimum absolute atomic E-state index is 0.960. The van der Waals surface area contributed by atoms with Gasteiger partial charge in [-0.25, -0.2) is 0 Å². The number of hydrogen-bond donors (Lipinski definition) is 1. The Morgan fingerprint density at radius 1 is 1.21 bits per heavy atom. The van der Waals surface area contributed by atoms with E-state index >= 15 is 0 Å². The highest BCUT2D eigenvalue weighted by Gasteiger charge is 2.12. The van der Waals surface area contributed by atoms with Gasteiger partial charge in [0, 0.05) is 37.2 Å². The molecule has 2 rings (SSSR count). The highest BCUT2D eigenvalue weighted by atomic mass is 79.9. The number of rotatable bonds is 6. The van der Waals surface area contributed by atoms with E-state index in [1.54, 1.807) is 0 Å². The molecule has 1 heterocycles. The molecule has 0 bridgehead atoms. The predicted octanol–water partition coefficient (Wildman–Crippen LogP) is 2.18. The standard InChI is InChI=1S/C15H24BrN3/c1-18-8-10-19(11-9-18)7-3-6-17-13-14-4-2-5-15(16)12-14/h2,4-5,12,17H,3,6-11,13H2,1H3. The van der Waals surface area contributed by atoms with Gasteiger partial charge < -0.3 is 15.1 Å². The van der Waals surface area contributed by atoms with E-state index in [-0.39, 0.29) is 0 Å². The highest BCUT2D eigenvalue weighted by molar-refractivity contribution is 9.10. The SMILES string of the molecule is CN1CCN(CCCNCc2cccc(Br)c2)CC1. The van der Waals surface area contributed by atoms with Crippen molar-refractivity contribution in [3.8, 4) is 0 Å². The first-order chi connectivity index (χ1) is 9.24. The number of benzene rings is 1. The Balaban J connectivity index is 1.55. The molecular formula is C15H24BrN3. The first-order valence-corrected chi connectivity index (χ1v) is 7.89. The largest absolute Gasteiger partial charge is 0.313 e. The lowest BCUT2D eigenvalue weighted by molar-refractivity contribution is 0.153. The highest BCUT2D eigenvalue weighted by Crippen LogP contribution is 2.11. The molecule has 106 valence electrons. The van der Waals surface area contributed by atoms with Crippen molar-refractivity contribution >= 4 is 15.9 Å². The molecule has 1 fully saturated rings. The van der Waals surface area contributed by atoms with Crippen LogP contribution in [-0.4, -0.2) is 56.1 Å². The van der Waals surface area contributed by atoms with E-state index < -0.39 is 0 Å². The smallest absolute Gasteiger partial charge is 0.0205 e. The molecule has 0 unspecified atom stereocenters. The lowest BCUT2D eigenvalue weighted by atomic mass is 10.2. The van der Waals surface area contributed by atoms with Crippen molar-refractivity contribution in [3.63, 3.8) is 0 Å². The van der Waals surface area contributed by atoms with Crippen molar-refractivity contribution in [2.75, 3.05) is 46.3 Å². The van der Waals surface area contributed by atoms with Gasteiger partial charge >= 0.3 is 0 Å².